The van der Waals surface area contributed by atoms with E-state index in [2.05, 4.69) is 6.92 Å². The largest absolute Gasteiger partial charge is 0.381 e. The van der Waals surface area contributed by atoms with Crippen LogP contribution in [0.3, 0.4) is 0 Å². The number of hydroxylamine groups is 1. The Labute approximate surface area is 140 Å². The molecule has 2 fully saturated rings. The molecule has 134 valence electrons. The third kappa shape index (κ3) is 5.73. The Morgan fingerprint density at radius 3 is 2.61 bits per heavy atom. The Hall–Kier alpha value is -0.650. The summed E-state index contributed by atoms with van der Waals surface area (Å²) >= 11 is 0. The number of carbonyl (C=O) groups excluding carboxylic acids is 1. The number of unbranched alkanes of at least 4 members (excludes halogenated alkanes) is 4. The Morgan fingerprint density at radius 1 is 1.13 bits per heavy atom. The molecule has 4 atom stereocenters. The van der Waals surface area contributed by atoms with Gasteiger partial charge < -0.3 is 9.47 Å². The summed E-state index contributed by atoms with van der Waals surface area (Å²) in [5.74, 6) is 0.970. The average molecular weight is 327 g/mol. The number of hydrogen-bond donors (Lipinski definition) is 2. The third-order valence-corrected chi connectivity index (χ3v) is 5.36. The van der Waals surface area contributed by atoms with Gasteiger partial charge in [-0.1, -0.05) is 32.6 Å². The fourth-order valence-electron chi connectivity index (χ4n) is 4.04. The molecule has 5 heteroatoms. The standard InChI is InChI=1S/C18H33NO4/c1-2-3-12-22-13-15-14(16-10-11-17(15)23-16)8-6-4-5-7-9-18(20)19-21/h14-17,21H,2-13H2,1H3,(H,19,20)/t14-,15+,16-,17+/m1/s1. The summed E-state index contributed by atoms with van der Waals surface area (Å²) in [7, 11) is 0. The predicted octanol–water partition coefficient (Wildman–Crippen LogP) is 3.44. The summed E-state index contributed by atoms with van der Waals surface area (Å²) in [6.45, 7) is 3.93. The van der Waals surface area contributed by atoms with Gasteiger partial charge in [-0.25, -0.2) is 5.48 Å². The Balaban J connectivity index is 1.61. The molecule has 0 radical (unpaired) electrons. The molecule has 2 rings (SSSR count). The minimum Gasteiger partial charge on any atom is -0.381 e. The number of rotatable bonds is 12. The van der Waals surface area contributed by atoms with Crippen molar-refractivity contribution in [1.29, 1.82) is 0 Å². The first kappa shape index (κ1) is 18.7. The fraction of sp³-hybridized carbons (Fsp3) is 0.944. The Morgan fingerprint density at radius 2 is 1.87 bits per heavy atom. The highest BCUT2D eigenvalue weighted by molar-refractivity contribution is 5.74. The van der Waals surface area contributed by atoms with Gasteiger partial charge in [0.05, 0.1) is 18.8 Å². The normalized spacial score (nSPS) is 29.1. The second-order valence-electron chi connectivity index (χ2n) is 7.03. The minimum atomic E-state index is -0.282. The molecule has 2 N–H and O–H groups in total. The smallest absolute Gasteiger partial charge is 0.243 e. The van der Waals surface area contributed by atoms with E-state index in [1.807, 2.05) is 0 Å². The van der Waals surface area contributed by atoms with Crippen LogP contribution in [-0.4, -0.2) is 36.5 Å². The molecule has 2 bridgehead atoms. The number of ether oxygens (including phenoxy) is 2. The van der Waals surface area contributed by atoms with Crippen LogP contribution in [0.15, 0.2) is 0 Å². The van der Waals surface area contributed by atoms with Crippen LogP contribution in [0.2, 0.25) is 0 Å². The number of carbonyl (C=O) groups is 1. The number of hydrogen-bond acceptors (Lipinski definition) is 4. The lowest BCUT2D eigenvalue weighted by atomic mass is 9.77. The lowest BCUT2D eigenvalue weighted by molar-refractivity contribution is -0.129. The Bertz CT molecular complexity index is 350. The quantitative estimate of drug-likeness (QED) is 0.327. The second-order valence-corrected chi connectivity index (χ2v) is 7.03. The van der Waals surface area contributed by atoms with E-state index in [0.717, 1.165) is 38.9 Å². The maximum absolute atomic E-state index is 10.9. The molecule has 5 nitrogen and oxygen atoms in total. The molecule has 2 saturated heterocycles. The third-order valence-electron chi connectivity index (χ3n) is 5.36. The molecule has 0 saturated carbocycles. The molecule has 0 aromatic rings. The van der Waals surface area contributed by atoms with Gasteiger partial charge in [-0.05, 0) is 38.0 Å². The molecule has 2 aliphatic heterocycles. The molecular weight excluding hydrogens is 294 g/mol. The number of nitrogens with one attached hydrogen (secondary N) is 1. The highest BCUT2D eigenvalue weighted by Crippen LogP contribution is 2.45. The summed E-state index contributed by atoms with van der Waals surface area (Å²) in [4.78, 5) is 10.9. The number of fused-ring (bicyclic) bond motifs is 2. The monoisotopic (exact) mass is 327 g/mol. The molecule has 0 aromatic heterocycles. The van der Waals surface area contributed by atoms with Crippen molar-refractivity contribution in [2.45, 2.75) is 83.3 Å². The van der Waals surface area contributed by atoms with Crippen LogP contribution in [0.5, 0.6) is 0 Å². The highest BCUT2D eigenvalue weighted by Gasteiger charge is 2.48. The van der Waals surface area contributed by atoms with E-state index in [1.165, 1.54) is 32.1 Å². The van der Waals surface area contributed by atoms with Gasteiger partial charge in [-0.2, -0.15) is 0 Å². The summed E-state index contributed by atoms with van der Waals surface area (Å²) in [6, 6.07) is 0. The molecule has 2 aliphatic rings. The van der Waals surface area contributed by atoms with E-state index in [4.69, 9.17) is 14.7 Å². The highest BCUT2D eigenvalue weighted by atomic mass is 16.5. The van der Waals surface area contributed by atoms with Crippen LogP contribution in [0.25, 0.3) is 0 Å². The first-order valence-corrected chi connectivity index (χ1v) is 9.42. The van der Waals surface area contributed by atoms with Crippen molar-refractivity contribution >= 4 is 5.91 Å². The summed E-state index contributed by atoms with van der Waals surface area (Å²) in [6.07, 6.45) is 11.5. The maximum Gasteiger partial charge on any atom is 0.243 e. The molecule has 2 heterocycles. The molecule has 0 unspecified atom stereocenters. The van der Waals surface area contributed by atoms with Crippen LogP contribution in [0, 0.1) is 11.8 Å². The van der Waals surface area contributed by atoms with Crippen molar-refractivity contribution < 1.29 is 19.5 Å². The van der Waals surface area contributed by atoms with Gasteiger partial charge in [0, 0.05) is 18.9 Å². The summed E-state index contributed by atoms with van der Waals surface area (Å²) in [5.41, 5.74) is 1.68. The average Bonchev–Trinajstić information content (AvgIpc) is 3.16. The van der Waals surface area contributed by atoms with Gasteiger partial charge in [0.1, 0.15) is 0 Å². The van der Waals surface area contributed by atoms with E-state index >= 15 is 0 Å². The molecular formula is C18H33NO4. The van der Waals surface area contributed by atoms with E-state index in [0.29, 0.717) is 30.5 Å². The molecule has 0 spiro atoms. The topological polar surface area (TPSA) is 67.8 Å². The first-order chi connectivity index (χ1) is 11.3. The van der Waals surface area contributed by atoms with Gasteiger partial charge in [0.2, 0.25) is 5.91 Å². The molecule has 1 amide bonds. The van der Waals surface area contributed by atoms with Gasteiger partial charge in [0.25, 0.3) is 0 Å². The van der Waals surface area contributed by atoms with Crippen LogP contribution in [0.4, 0.5) is 0 Å². The Kier molecular flexibility index (Phi) is 8.34. The second kappa shape index (κ2) is 10.3. The van der Waals surface area contributed by atoms with Gasteiger partial charge >= 0.3 is 0 Å². The predicted molar refractivity (Wildman–Crippen MR) is 88.2 cm³/mol. The molecule has 0 aliphatic carbocycles. The lowest BCUT2D eigenvalue weighted by Gasteiger charge is -2.28. The first-order valence-electron chi connectivity index (χ1n) is 9.42. The van der Waals surface area contributed by atoms with Gasteiger partial charge in [-0.3, -0.25) is 10.0 Å². The van der Waals surface area contributed by atoms with E-state index in [-0.39, 0.29) is 5.91 Å². The van der Waals surface area contributed by atoms with Crippen molar-refractivity contribution in [2.24, 2.45) is 11.8 Å². The zero-order valence-corrected chi connectivity index (χ0v) is 14.5. The summed E-state index contributed by atoms with van der Waals surface area (Å²) < 4.78 is 12.0. The minimum absolute atomic E-state index is 0.282. The van der Waals surface area contributed by atoms with Crippen molar-refractivity contribution in [3.63, 3.8) is 0 Å². The van der Waals surface area contributed by atoms with E-state index in [1.54, 1.807) is 5.48 Å². The van der Waals surface area contributed by atoms with Crippen LogP contribution >= 0.6 is 0 Å². The van der Waals surface area contributed by atoms with E-state index < -0.39 is 0 Å². The number of amides is 1. The van der Waals surface area contributed by atoms with Crippen molar-refractivity contribution in [3.8, 4) is 0 Å². The van der Waals surface area contributed by atoms with E-state index in [9.17, 15) is 4.79 Å². The van der Waals surface area contributed by atoms with Crippen molar-refractivity contribution in [3.05, 3.63) is 0 Å². The van der Waals surface area contributed by atoms with Crippen LogP contribution in [0.1, 0.15) is 71.1 Å². The summed E-state index contributed by atoms with van der Waals surface area (Å²) in [5, 5.41) is 8.45. The maximum atomic E-state index is 10.9. The fourth-order valence-corrected chi connectivity index (χ4v) is 4.04. The molecule has 23 heavy (non-hydrogen) atoms. The molecule has 0 aromatic carbocycles. The van der Waals surface area contributed by atoms with Crippen LogP contribution < -0.4 is 5.48 Å². The zero-order chi connectivity index (χ0) is 16.5. The van der Waals surface area contributed by atoms with Crippen molar-refractivity contribution in [1.82, 2.24) is 5.48 Å². The SMILES string of the molecule is CCCCOC[C@H]1[C@@H](CCCCCCC(=O)NO)[C@H]2CC[C@@H]1O2. The van der Waals surface area contributed by atoms with Crippen LogP contribution in [-0.2, 0) is 14.3 Å². The lowest BCUT2D eigenvalue weighted by Crippen LogP contribution is -2.31. The van der Waals surface area contributed by atoms with Gasteiger partial charge in [0.15, 0.2) is 0 Å². The van der Waals surface area contributed by atoms with Gasteiger partial charge in [-0.15, -0.1) is 0 Å². The zero-order valence-electron chi connectivity index (χ0n) is 14.5. The van der Waals surface area contributed by atoms with Crippen molar-refractivity contribution in [2.75, 3.05) is 13.2 Å².